The molecule has 2 heterocycles. The van der Waals surface area contributed by atoms with Crippen LogP contribution in [0.2, 0.25) is 0 Å². The summed E-state index contributed by atoms with van der Waals surface area (Å²) in [6.45, 7) is 1.76. The zero-order chi connectivity index (χ0) is 18.4. The summed E-state index contributed by atoms with van der Waals surface area (Å²) in [5.74, 6) is -0.189. The first-order valence-corrected chi connectivity index (χ1v) is 9.93. The van der Waals surface area contributed by atoms with Crippen molar-refractivity contribution in [1.29, 1.82) is 0 Å². The van der Waals surface area contributed by atoms with Crippen LogP contribution in [0.4, 0.5) is 9.52 Å². The van der Waals surface area contributed by atoms with Crippen molar-refractivity contribution in [2.45, 2.75) is 18.9 Å². The third kappa shape index (κ3) is 2.95. The first-order valence-electron chi connectivity index (χ1n) is 9.12. The van der Waals surface area contributed by atoms with Crippen LogP contribution in [0.25, 0.3) is 16.1 Å². The number of aromatic nitrogens is 2. The second kappa shape index (κ2) is 6.55. The number of hydrogen-bond acceptors (Lipinski definition) is 5. The highest BCUT2D eigenvalue weighted by molar-refractivity contribution is 7.18. The zero-order valence-corrected chi connectivity index (χ0v) is 15.5. The number of fused-ring (bicyclic) bond motifs is 1. The first-order chi connectivity index (χ1) is 13.2. The standard InChI is InChI=1S/C21H19FN4S/c22-19-4-2-1-3-17(19)16-8-7-13-5-6-14(11-18(13)16)20-24-25-21(27-20)26-10-9-15(23)12-26/h1-6,8,11,15H,7,9-10,12,23H2/t15-/m0/s1. The van der Waals surface area contributed by atoms with Crippen LogP contribution < -0.4 is 10.6 Å². The Bertz CT molecular complexity index is 1040. The molecule has 1 aromatic heterocycles. The predicted octanol–water partition coefficient (Wildman–Crippen LogP) is 3.87. The lowest BCUT2D eigenvalue weighted by Crippen LogP contribution is -2.26. The maximum atomic E-state index is 14.3. The SMILES string of the molecule is N[C@H]1CCN(c2nnc(-c3ccc4c(c3)C(c3ccccc3F)=CC4)s2)C1. The Morgan fingerprint density at radius 2 is 2.00 bits per heavy atom. The van der Waals surface area contributed by atoms with Gasteiger partial charge in [-0.3, -0.25) is 0 Å². The Morgan fingerprint density at radius 3 is 2.81 bits per heavy atom. The fourth-order valence-electron chi connectivity index (χ4n) is 3.82. The number of rotatable bonds is 3. The Hall–Kier alpha value is -2.57. The maximum absolute atomic E-state index is 14.3. The summed E-state index contributed by atoms with van der Waals surface area (Å²) < 4.78 is 14.3. The molecule has 0 radical (unpaired) electrons. The molecule has 27 heavy (non-hydrogen) atoms. The summed E-state index contributed by atoms with van der Waals surface area (Å²) in [6, 6.07) is 13.5. The van der Waals surface area contributed by atoms with Gasteiger partial charge in [0.25, 0.3) is 0 Å². The van der Waals surface area contributed by atoms with Gasteiger partial charge in [-0.2, -0.15) is 0 Å². The van der Waals surface area contributed by atoms with Crippen LogP contribution >= 0.6 is 11.3 Å². The second-order valence-electron chi connectivity index (χ2n) is 7.06. The molecular formula is C21H19FN4S. The second-order valence-corrected chi connectivity index (χ2v) is 8.01. The highest BCUT2D eigenvalue weighted by atomic mass is 32.1. The molecule has 1 aliphatic heterocycles. The molecule has 5 rings (SSSR count). The van der Waals surface area contributed by atoms with Crippen molar-refractivity contribution in [2.75, 3.05) is 18.0 Å². The molecule has 0 bridgehead atoms. The van der Waals surface area contributed by atoms with E-state index in [0.717, 1.165) is 52.8 Å². The molecule has 1 fully saturated rings. The minimum absolute atomic E-state index is 0.189. The number of halogens is 1. The smallest absolute Gasteiger partial charge is 0.208 e. The largest absolute Gasteiger partial charge is 0.345 e. The molecule has 6 heteroatoms. The van der Waals surface area contributed by atoms with Crippen molar-refractivity contribution in [3.8, 4) is 10.6 Å². The maximum Gasteiger partial charge on any atom is 0.208 e. The lowest BCUT2D eigenvalue weighted by atomic mass is 9.97. The summed E-state index contributed by atoms with van der Waals surface area (Å²) in [7, 11) is 0. The van der Waals surface area contributed by atoms with Gasteiger partial charge in [-0.05, 0) is 41.7 Å². The van der Waals surface area contributed by atoms with Crippen LogP contribution in [-0.4, -0.2) is 29.3 Å². The number of anilines is 1. The molecule has 2 aliphatic rings. The number of benzene rings is 2. The van der Waals surface area contributed by atoms with E-state index in [4.69, 9.17) is 5.73 Å². The van der Waals surface area contributed by atoms with Gasteiger partial charge in [-0.1, -0.05) is 47.7 Å². The molecule has 3 aromatic rings. The molecule has 1 saturated heterocycles. The number of allylic oxidation sites excluding steroid dienone is 1. The molecule has 4 nitrogen and oxygen atoms in total. The number of hydrogen-bond donors (Lipinski definition) is 1. The van der Waals surface area contributed by atoms with E-state index in [1.807, 2.05) is 12.1 Å². The van der Waals surface area contributed by atoms with E-state index in [0.29, 0.717) is 5.56 Å². The minimum Gasteiger partial charge on any atom is -0.345 e. The molecule has 0 spiro atoms. The number of nitrogens with two attached hydrogens (primary N) is 1. The lowest BCUT2D eigenvalue weighted by Gasteiger charge is -2.12. The Balaban J connectivity index is 1.48. The Kier molecular flexibility index (Phi) is 4.02. The molecule has 2 N–H and O–H groups in total. The van der Waals surface area contributed by atoms with Crippen LogP contribution in [0.5, 0.6) is 0 Å². The van der Waals surface area contributed by atoms with Gasteiger partial charge >= 0.3 is 0 Å². The highest BCUT2D eigenvalue weighted by Gasteiger charge is 2.23. The van der Waals surface area contributed by atoms with Crippen molar-refractivity contribution in [3.63, 3.8) is 0 Å². The van der Waals surface area contributed by atoms with Gasteiger partial charge < -0.3 is 10.6 Å². The topological polar surface area (TPSA) is 55.0 Å². The third-order valence-corrected chi connectivity index (χ3v) is 6.28. The lowest BCUT2D eigenvalue weighted by molar-refractivity contribution is 0.624. The van der Waals surface area contributed by atoms with E-state index in [9.17, 15) is 4.39 Å². The van der Waals surface area contributed by atoms with E-state index in [2.05, 4.69) is 39.4 Å². The van der Waals surface area contributed by atoms with Gasteiger partial charge in [0.05, 0.1) is 0 Å². The molecule has 1 atom stereocenters. The fourth-order valence-corrected chi connectivity index (χ4v) is 4.69. The van der Waals surface area contributed by atoms with Crippen LogP contribution in [0.3, 0.4) is 0 Å². The van der Waals surface area contributed by atoms with Gasteiger partial charge in [0.1, 0.15) is 10.8 Å². The van der Waals surface area contributed by atoms with Gasteiger partial charge in [-0.15, -0.1) is 10.2 Å². The van der Waals surface area contributed by atoms with Crippen LogP contribution in [0.1, 0.15) is 23.1 Å². The fraction of sp³-hybridized carbons (Fsp3) is 0.238. The minimum atomic E-state index is -0.189. The average molecular weight is 378 g/mol. The molecule has 1 aliphatic carbocycles. The van der Waals surface area contributed by atoms with Crippen molar-refractivity contribution >= 4 is 22.0 Å². The molecule has 136 valence electrons. The third-order valence-electron chi connectivity index (χ3n) is 5.25. The van der Waals surface area contributed by atoms with E-state index in [1.165, 1.54) is 11.6 Å². The molecule has 0 unspecified atom stereocenters. The van der Waals surface area contributed by atoms with Gasteiger partial charge in [0.2, 0.25) is 5.13 Å². The first kappa shape index (κ1) is 16.6. The Morgan fingerprint density at radius 1 is 1.11 bits per heavy atom. The van der Waals surface area contributed by atoms with E-state index in [1.54, 1.807) is 17.4 Å². The monoisotopic (exact) mass is 378 g/mol. The normalized spacial score (nSPS) is 18.7. The molecule has 0 amide bonds. The van der Waals surface area contributed by atoms with Crippen molar-refractivity contribution in [1.82, 2.24) is 10.2 Å². The van der Waals surface area contributed by atoms with Crippen LogP contribution in [0.15, 0.2) is 48.5 Å². The van der Waals surface area contributed by atoms with Crippen molar-refractivity contribution in [3.05, 3.63) is 71.0 Å². The zero-order valence-electron chi connectivity index (χ0n) is 14.7. The van der Waals surface area contributed by atoms with Crippen LogP contribution in [-0.2, 0) is 6.42 Å². The van der Waals surface area contributed by atoms with E-state index >= 15 is 0 Å². The van der Waals surface area contributed by atoms with Gasteiger partial charge in [-0.25, -0.2) is 4.39 Å². The predicted molar refractivity (Wildman–Crippen MR) is 107 cm³/mol. The van der Waals surface area contributed by atoms with Crippen molar-refractivity contribution in [2.24, 2.45) is 5.73 Å². The van der Waals surface area contributed by atoms with Gasteiger partial charge in [0, 0.05) is 30.3 Å². The van der Waals surface area contributed by atoms with Crippen molar-refractivity contribution < 1.29 is 4.39 Å². The highest BCUT2D eigenvalue weighted by Crippen LogP contribution is 2.38. The Labute approximate surface area is 161 Å². The summed E-state index contributed by atoms with van der Waals surface area (Å²) in [6.07, 6.45) is 3.92. The molecule has 0 saturated carbocycles. The summed E-state index contributed by atoms with van der Waals surface area (Å²) in [5, 5.41) is 10.5. The van der Waals surface area contributed by atoms with Gasteiger partial charge in [0.15, 0.2) is 0 Å². The molecular weight excluding hydrogens is 359 g/mol. The van der Waals surface area contributed by atoms with Crippen LogP contribution in [0, 0.1) is 5.82 Å². The van der Waals surface area contributed by atoms with E-state index < -0.39 is 0 Å². The quantitative estimate of drug-likeness (QED) is 0.752. The summed E-state index contributed by atoms with van der Waals surface area (Å²) in [5.41, 5.74) is 10.9. The summed E-state index contributed by atoms with van der Waals surface area (Å²) >= 11 is 1.59. The molecule has 2 aromatic carbocycles. The summed E-state index contributed by atoms with van der Waals surface area (Å²) in [4.78, 5) is 2.20. The number of nitrogens with zero attached hydrogens (tertiary/aromatic N) is 3. The van der Waals surface area contributed by atoms with E-state index in [-0.39, 0.29) is 11.9 Å². The average Bonchev–Trinajstić information content (AvgIpc) is 3.40.